The maximum absolute atomic E-state index is 11.8. The van der Waals surface area contributed by atoms with Crippen LogP contribution in [-0.2, 0) is 4.74 Å². The van der Waals surface area contributed by atoms with Crippen molar-refractivity contribution in [3.63, 3.8) is 0 Å². The zero-order valence-corrected chi connectivity index (χ0v) is 8.10. The van der Waals surface area contributed by atoms with Crippen LogP contribution in [0.15, 0.2) is 0 Å². The van der Waals surface area contributed by atoms with Gasteiger partial charge in [0.05, 0.1) is 11.7 Å². The molecule has 0 saturated carbocycles. The number of rotatable bonds is 3. The van der Waals surface area contributed by atoms with Crippen LogP contribution in [-0.4, -0.2) is 29.6 Å². The summed E-state index contributed by atoms with van der Waals surface area (Å²) in [5, 5.41) is 9.86. The van der Waals surface area contributed by atoms with Gasteiger partial charge in [-0.2, -0.15) is 13.2 Å². The number of hydrogen-bond acceptors (Lipinski definition) is 2. The summed E-state index contributed by atoms with van der Waals surface area (Å²) in [6, 6.07) is 0. The highest BCUT2D eigenvalue weighted by Gasteiger charge is 2.39. The molecule has 2 atom stereocenters. The lowest BCUT2D eigenvalue weighted by molar-refractivity contribution is -0.139. The predicted molar refractivity (Wildman–Crippen MR) is 44.9 cm³/mol. The minimum Gasteiger partial charge on any atom is -0.387 e. The standard InChI is InChI=1S/C9H15F3O2/c1-7-8(13,5-6-14-7)3-2-4-9(10,11)12/h7,13H,2-6H2,1H3. The van der Waals surface area contributed by atoms with Gasteiger partial charge in [-0.05, 0) is 19.8 Å². The molecule has 5 heteroatoms. The fourth-order valence-electron chi connectivity index (χ4n) is 1.69. The Morgan fingerprint density at radius 1 is 1.50 bits per heavy atom. The predicted octanol–water partition coefficient (Wildman–Crippen LogP) is 2.26. The molecule has 0 radical (unpaired) electrons. The van der Waals surface area contributed by atoms with Crippen molar-refractivity contribution >= 4 is 0 Å². The molecule has 2 unspecified atom stereocenters. The quantitative estimate of drug-likeness (QED) is 0.777. The van der Waals surface area contributed by atoms with E-state index in [1.165, 1.54) is 0 Å². The summed E-state index contributed by atoms with van der Waals surface area (Å²) in [6.07, 6.45) is -4.75. The summed E-state index contributed by atoms with van der Waals surface area (Å²) >= 11 is 0. The van der Waals surface area contributed by atoms with Gasteiger partial charge in [0.2, 0.25) is 0 Å². The molecular weight excluding hydrogens is 197 g/mol. The molecule has 0 aromatic rings. The van der Waals surface area contributed by atoms with Gasteiger partial charge in [-0.1, -0.05) is 0 Å². The molecule has 1 N–H and O–H groups in total. The van der Waals surface area contributed by atoms with Gasteiger partial charge in [-0.15, -0.1) is 0 Å². The molecule has 84 valence electrons. The van der Waals surface area contributed by atoms with Crippen molar-refractivity contribution in [2.24, 2.45) is 0 Å². The number of halogens is 3. The van der Waals surface area contributed by atoms with Crippen molar-refractivity contribution in [1.29, 1.82) is 0 Å². The normalized spacial score (nSPS) is 33.6. The van der Waals surface area contributed by atoms with Crippen molar-refractivity contribution in [3.8, 4) is 0 Å². The van der Waals surface area contributed by atoms with Gasteiger partial charge in [0.25, 0.3) is 0 Å². The van der Waals surface area contributed by atoms with Crippen molar-refractivity contribution in [3.05, 3.63) is 0 Å². The van der Waals surface area contributed by atoms with Crippen molar-refractivity contribution in [1.82, 2.24) is 0 Å². The van der Waals surface area contributed by atoms with E-state index >= 15 is 0 Å². The summed E-state index contributed by atoms with van der Waals surface area (Å²) in [7, 11) is 0. The second-order valence-corrected chi connectivity index (χ2v) is 3.84. The van der Waals surface area contributed by atoms with Crippen LogP contribution in [0, 0.1) is 0 Å². The molecule has 0 spiro atoms. The molecule has 0 aromatic heterocycles. The van der Waals surface area contributed by atoms with E-state index < -0.39 is 18.2 Å². The van der Waals surface area contributed by atoms with E-state index in [1.54, 1.807) is 6.92 Å². The summed E-state index contributed by atoms with van der Waals surface area (Å²) < 4.78 is 40.6. The second kappa shape index (κ2) is 4.06. The van der Waals surface area contributed by atoms with Crippen LogP contribution in [0.25, 0.3) is 0 Å². The van der Waals surface area contributed by atoms with Crippen molar-refractivity contribution in [2.45, 2.75) is 50.5 Å². The largest absolute Gasteiger partial charge is 0.389 e. The highest BCUT2D eigenvalue weighted by molar-refractivity contribution is 4.89. The Morgan fingerprint density at radius 2 is 2.14 bits per heavy atom. The summed E-state index contributed by atoms with van der Waals surface area (Å²) in [5.41, 5.74) is -1.05. The number of ether oxygens (including phenoxy) is 1. The van der Waals surface area contributed by atoms with E-state index in [9.17, 15) is 18.3 Å². The molecule has 14 heavy (non-hydrogen) atoms. The first kappa shape index (κ1) is 11.8. The maximum Gasteiger partial charge on any atom is 0.389 e. The molecule has 1 rings (SSSR count). The molecule has 2 nitrogen and oxygen atoms in total. The highest BCUT2D eigenvalue weighted by atomic mass is 19.4. The Bertz CT molecular complexity index is 193. The molecule has 1 heterocycles. The van der Waals surface area contributed by atoms with E-state index in [-0.39, 0.29) is 18.9 Å². The first-order chi connectivity index (χ1) is 6.33. The molecule has 0 aromatic carbocycles. The lowest BCUT2D eigenvalue weighted by Crippen LogP contribution is -2.36. The van der Waals surface area contributed by atoms with Gasteiger partial charge in [0, 0.05) is 19.4 Å². The molecule has 0 aliphatic carbocycles. The zero-order chi connectivity index (χ0) is 10.8. The maximum atomic E-state index is 11.8. The average Bonchev–Trinajstić information content (AvgIpc) is 2.30. The van der Waals surface area contributed by atoms with Crippen LogP contribution in [0.5, 0.6) is 0 Å². The third-order valence-electron chi connectivity index (χ3n) is 2.73. The smallest absolute Gasteiger partial charge is 0.387 e. The van der Waals surface area contributed by atoms with Gasteiger partial charge in [0.15, 0.2) is 0 Å². The fraction of sp³-hybridized carbons (Fsp3) is 1.00. The minimum atomic E-state index is -4.13. The Balaban J connectivity index is 2.30. The van der Waals surface area contributed by atoms with E-state index in [0.717, 1.165) is 0 Å². The van der Waals surface area contributed by atoms with E-state index in [1.807, 2.05) is 0 Å². The van der Waals surface area contributed by atoms with Gasteiger partial charge in [-0.25, -0.2) is 0 Å². The minimum absolute atomic E-state index is 0.0340. The molecule has 0 bridgehead atoms. The fourth-order valence-corrected chi connectivity index (χ4v) is 1.69. The zero-order valence-electron chi connectivity index (χ0n) is 8.10. The molecule has 1 aliphatic rings. The van der Waals surface area contributed by atoms with E-state index in [4.69, 9.17) is 4.74 Å². The molecular formula is C9H15F3O2. The Morgan fingerprint density at radius 3 is 2.57 bits per heavy atom. The van der Waals surface area contributed by atoms with E-state index in [2.05, 4.69) is 0 Å². The van der Waals surface area contributed by atoms with Gasteiger partial charge < -0.3 is 9.84 Å². The lowest BCUT2D eigenvalue weighted by atomic mass is 9.90. The van der Waals surface area contributed by atoms with Crippen molar-refractivity contribution < 1.29 is 23.0 Å². The van der Waals surface area contributed by atoms with Gasteiger partial charge in [-0.3, -0.25) is 0 Å². The van der Waals surface area contributed by atoms with Crippen molar-refractivity contribution in [2.75, 3.05) is 6.61 Å². The number of aliphatic hydroxyl groups is 1. The number of hydrogen-bond donors (Lipinski definition) is 1. The molecule has 0 amide bonds. The number of alkyl halides is 3. The molecule has 1 saturated heterocycles. The third kappa shape index (κ3) is 3.13. The third-order valence-corrected chi connectivity index (χ3v) is 2.73. The summed E-state index contributed by atoms with van der Waals surface area (Å²) in [4.78, 5) is 0. The lowest BCUT2D eigenvalue weighted by Gasteiger charge is -2.25. The van der Waals surface area contributed by atoms with Gasteiger partial charge in [0.1, 0.15) is 0 Å². The SMILES string of the molecule is CC1OCCC1(O)CCCC(F)(F)F. The highest BCUT2D eigenvalue weighted by Crippen LogP contribution is 2.32. The summed E-state index contributed by atoms with van der Waals surface area (Å²) in [6.45, 7) is 2.13. The molecule has 1 aliphatic heterocycles. The first-order valence-corrected chi connectivity index (χ1v) is 4.74. The molecule has 1 fully saturated rings. The average molecular weight is 212 g/mol. The Kier molecular flexibility index (Phi) is 3.42. The Hall–Kier alpha value is -0.290. The van der Waals surface area contributed by atoms with E-state index in [0.29, 0.717) is 13.0 Å². The second-order valence-electron chi connectivity index (χ2n) is 3.84. The van der Waals surface area contributed by atoms with Crippen LogP contribution >= 0.6 is 0 Å². The van der Waals surface area contributed by atoms with Crippen LogP contribution in [0.4, 0.5) is 13.2 Å². The topological polar surface area (TPSA) is 29.5 Å². The summed E-state index contributed by atoms with van der Waals surface area (Å²) in [5.74, 6) is 0. The first-order valence-electron chi connectivity index (χ1n) is 4.74. The van der Waals surface area contributed by atoms with Crippen LogP contribution in [0.3, 0.4) is 0 Å². The van der Waals surface area contributed by atoms with Crippen LogP contribution < -0.4 is 0 Å². The monoisotopic (exact) mass is 212 g/mol. The Labute approximate surface area is 81.1 Å². The van der Waals surface area contributed by atoms with Crippen LogP contribution in [0.2, 0.25) is 0 Å². The van der Waals surface area contributed by atoms with Crippen LogP contribution in [0.1, 0.15) is 32.6 Å². The van der Waals surface area contributed by atoms with Gasteiger partial charge >= 0.3 is 6.18 Å².